The topological polar surface area (TPSA) is 18.5 Å². The summed E-state index contributed by atoms with van der Waals surface area (Å²) in [6.07, 6.45) is 11.6. The van der Waals surface area contributed by atoms with Crippen molar-refractivity contribution in [2.45, 2.75) is 89.2 Å². The van der Waals surface area contributed by atoms with Crippen LogP contribution in [0, 0.1) is 0 Å². The molecule has 0 aromatic carbocycles. The average molecular weight is 327 g/mol. The van der Waals surface area contributed by atoms with Gasteiger partial charge in [0.2, 0.25) is 0 Å². The first-order valence-corrected chi connectivity index (χ1v) is 9.09. The first kappa shape index (κ1) is 20.5. The Bertz CT molecular complexity index is 171. The Kier molecular flexibility index (Phi) is 16.3. The fraction of sp³-hybridized carbons (Fsp3) is 1.00. The van der Waals surface area contributed by atoms with Crippen LogP contribution in [0.5, 0.6) is 0 Å². The van der Waals surface area contributed by atoms with Crippen molar-refractivity contribution in [3.8, 4) is 0 Å². The molecule has 0 N–H and O–H groups in total. The van der Waals surface area contributed by atoms with Gasteiger partial charge in [0.1, 0.15) is 11.1 Å². The van der Waals surface area contributed by atoms with Crippen LogP contribution >= 0.6 is 23.2 Å². The fourth-order valence-electron chi connectivity index (χ4n) is 1.98. The summed E-state index contributed by atoms with van der Waals surface area (Å²) in [5, 5.41) is 0. The third-order valence-electron chi connectivity index (χ3n) is 3.25. The van der Waals surface area contributed by atoms with Gasteiger partial charge in [0.25, 0.3) is 0 Å². The summed E-state index contributed by atoms with van der Waals surface area (Å²) < 4.78 is 11.0. The van der Waals surface area contributed by atoms with Crippen molar-refractivity contribution in [2.24, 2.45) is 0 Å². The Morgan fingerprint density at radius 3 is 1.40 bits per heavy atom. The SMILES string of the molecule is CCCCCCC(Cl)OCCOC(Cl)CCCCCC. The number of hydrogen-bond donors (Lipinski definition) is 0. The molecule has 0 rings (SSSR count). The van der Waals surface area contributed by atoms with Crippen LogP contribution in [0.25, 0.3) is 0 Å². The van der Waals surface area contributed by atoms with E-state index >= 15 is 0 Å². The third-order valence-corrected chi connectivity index (χ3v) is 3.94. The van der Waals surface area contributed by atoms with Crippen LogP contribution in [0.4, 0.5) is 0 Å². The molecule has 2 atom stereocenters. The second-order valence-electron chi connectivity index (χ2n) is 5.26. The molecule has 0 amide bonds. The minimum Gasteiger partial charge on any atom is -0.360 e. The summed E-state index contributed by atoms with van der Waals surface area (Å²) in [5.74, 6) is 0. The maximum Gasteiger partial charge on any atom is 0.131 e. The molecule has 0 aliphatic carbocycles. The van der Waals surface area contributed by atoms with Gasteiger partial charge in [-0.15, -0.1) is 0 Å². The largest absolute Gasteiger partial charge is 0.360 e. The number of ether oxygens (including phenoxy) is 2. The predicted octanol–water partition coefficient (Wildman–Crippen LogP) is 6.09. The molecule has 4 heteroatoms. The summed E-state index contributed by atoms with van der Waals surface area (Å²) in [6.45, 7) is 5.47. The lowest BCUT2D eigenvalue weighted by atomic mass is 10.2. The molecule has 0 aliphatic rings. The summed E-state index contributed by atoms with van der Waals surface area (Å²) in [5.41, 5.74) is -0.373. The van der Waals surface area contributed by atoms with Gasteiger partial charge in [-0.25, -0.2) is 0 Å². The van der Waals surface area contributed by atoms with Crippen LogP contribution in [0.3, 0.4) is 0 Å². The quantitative estimate of drug-likeness (QED) is 0.268. The highest BCUT2D eigenvalue weighted by Gasteiger charge is 2.07. The summed E-state index contributed by atoms with van der Waals surface area (Å²) in [6, 6.07) is 0. The molecular weight excluding hydrogens is 295 g/mol. The maximum absolute atomic E-state index is 6.08. The molecule has 122 valence electrons. The van der Waals surface area contributed by atoms with E-state index in [4.69, 9.17) is 32.7 Å². The van der Waals surface area contributed by atoms with E-state index in [1.165, 1.54) is 38.5 Å². The van der Waals surface area contributed by atoms with Crippen LogP contribution in [0.15, 0.2) is 0 Å². The van der Waals surface area contributed by atoms with Crippen LogP contribution in [0.1, 0.15) is 78.1 Å². The van der Waals surface area contributed by atoms with E-state index < -0.39 is 0 Å². The number of alkyl halides is 2. The smallest absolute Gasteiger partial charge is 0.131 e. The minimum atomic E-state index is -0.186. The number of unbranched alkanes of at least 4 members (excludes halogenated alkanes) is 6. The van der Waals surface area contributed by atoms with Gasteiger partial charge < -0.3 is 9.47 Å². The lowest BCUT2D eigenvalue weighted by Crippen LogP contribution is -2.14. The van der Waals surface area contributed by atoms with Gasteiger partial charge in [0.05, 0.1) is 13.2 Å². The number of halogens is 2. The Labute approximate surface area is 135 Å². The summed E-state index contributed by atoms with van der Waals surface area (Å²) in [4.78, 5) is 0. The van der Waals surface area contributed by atoms with Gasteiger partial charge in [-0.2, -0.15) is 0 Å². The van der Waals surface area contributed by atoms with E-state index in [0.29, 0.717) is 13.2 Å². The van der Waals surface area contributed by atoms with Crippen molar-refractivity contribution in [1.29, 1.82) is 0 Å². The fourth-order valence-corrected chi connectivity index (χ4v) is 2.47. The molecule has 0 aliphatic heterocycles. The van der Waals surface area contributed by atoms with E-state index in [9.17, 15) is 0 Å². The Morgan fingerprint density at radius 1 is 0.650 bits per heavy atom. The van der Waals surface area contributed by atoms with Crippen LogP contribution < -0.4 is 0 Å². The predicted molar refractivity (Wildman–Crippen MR) is 88.7 cm³/mol. The number of rotatable bonds is 15. The molecule has 20 heavy (non-hydrogen) atoms. The van der Waals surface area contributed by atoms with Crippen molar-refractivity contribution in [3.63, 3.8) is 0 Å². The maximum atomic E-state index is 6.08. The minimum absolute atomic E-state index is 0.186. The highest BCUT2D eigenvalue weighted by Crippen LogP contribution is 2.13. The average Bonchev–Trinajstić information content (AvgIpc) is 2.44. The first-order chi connectivity index (χ1) is 9.70. The van der Waals surface area contributed by atoms with Gasteiger partial charge >= 0.3 is 0 Å². The van der Waals surface area contributed by atoms with Crippen molar-refractivity contribution in [2.75, 3.05) is 13.2 Å². The molecule has 0 aromatic rings. The zero-order valence-corrected chi connectivity index (χ0v) is 14.7. The van der Waals surface area contributed by atoms with Crippen molar-refractivity contribution < 1.29 is 9.47 Å². The van der Waals surface area contributed by atoms with E-state index in [-0.39, 0.29) is 11.1 Å². The second-order valence-corrected chi connectivity index (χ2v) is 6.23. The normalized spacial score (nSPS) is 14.4. The summed E-state index contributed by atoms with van der Waals surface area (Å²) >= 11 is 12.2. The van der Waals surface area contributed by atoms with E-state index in [0.717, 1.165) is 25.7 Å². The zero-order valence-electron chi connectivity index (χ0n) is 13.2. The molecule has 0 heterocycles. The number of hydrogen-bond acceptors (Lipinski definition) is 2. The van der Waals surface area contributed by atoms with Crippen LogP contribution in [-0.4, -0.2) is 24.3 Å². The van der Waals surface area contributed by atoms with Crippen molar-refractivity contribution in [3.05, 3.63) is 0 Å². The molecule has 0 radical (unpaired) electrons. The van der Waals surface area contributed by atoms with Crippen LogP contribution in [-0.2, 0) is 9.47 Å². The lowest BCUT2D eigenvalue weighted by Gasteiger charge is -2.13. The molecule has 2 nitrogen and oxygen atoms in total. The molecule has 0 spiro atoms. The molecule has 0 bridgehead atoms. The summed E-state index contributed by atoms with van der Waals surface area (Å²) in [7, 11) is 0. The molecule has 0 saturated carbocycles. The Hall–Kier alpha value is 0.500. The zero-order chi connectivity index (χ0) is 15.1. The molecule has 0 fully saturated rings. The standard InChI is InChI=1S/C16H32Cl2O2/c1-3-5-7-9-11-15(17)19-13-14-20-16(18)12-10-8-6-4-2/h15-16H,3-14H2,1-2H3. The van der Waals surface area contributed by atoms with E-state index in [1.807, 2.05) is 0 Å². The highest BCUT2D eigenvalue weighted by molar-refractivity contribution is 6.19. The van der Waals surface area contributed by atoms with Crippen molar-refractivity contribution in [1.82, 2.24) is 0 Å². The third kappa shape index (κ3) is 14.9. The van der Waals surface area contributed by atoms with Crippen LogP contribution in [0.2, 0.25) is 0 Å². The van der Waals surface area contributed by atoms with Gasteiger partial charge in [0.15, 0.2) is 0 Å². The van der Waals surface area contributed by atoms with Gasteiger partial charge in [0, 0.05) is 0 Å². The van der Waals surface area contributed by atoms with E-state index in [1.54, 1.807) is 0 Å². The molecule has 2 unspecified atom stereocenters. The van der Waals surface area contributed by atoms with Crippen molar-refractivity contribution >= 4 is 23.2 Å². The molecule has 0 aromatic heterocycles. The Balaban J connectivity index is 3.28. The first-order valence-electron chi connectivity index (χ1n) is 8.22. The monoisotopic (exact) mass is 326 g/mol. The van der Waals surface area contributed by atoms with Gasteiger partial charge in [-0.05, 0) is 25.7 Å². The van der Waals surface area contributed by atoms with Gasteiger partial charge in [-0.1, -0.05) is 75.6 Å². The van der Waals surface area contributed by atoms with E-state index in [2.05, 4.69) is 13.8 Å². The second kappa shape index (κ2) is 15.9. The van der Waals surface area contributed by atoms with Gasteiger partial charge in [-0.3, -0.25) is 0 Å². The molecule has 0 saturated heterocycles. The molecular formula is C16H32Cl2O2. The lowest BCUT2D eigenvalue weighted by molar-refractivity contribution is 0.0185. The Morgan fingerprint density at radius 2 is 1.05 bits per heavy atom. The highest BCUT2D eigenvalue weighted by atomic mass is 35.5.